The van der Waals surface area contributed by atoms with E-state index in [1.54, 1.807) is 6.92 Å². The van der Waals surface area contributed by atoms with Crippen LogP contribution >= 0.6 is 0 Å². The van der Waals surface area contributed by atoms with E-state index >= 15 is 0 Å². The van der Waals surface area contributed by atoms with E-state index in [1.165, 1.54) is 57.2 Å². The minimum Gasteiger partial charge on any atom is -0.481 e. The average molecular weight is 542 g/mol. The van der Waals surface area contributed by atoms with E-state index in [-0.39, 0.29) is 30.1 Å². The van der Waals surface area contributed by atoms with Crippen molar-refractivity contribution in [1.29, 1.82) is 0 Å². The van der Waals surface area contributed by atoms with Gasteiger partial charge in [-0.15, -0.1) is 0 Å². The number of anilines is 2. The molecule has 12 heteroatoms. The van der Waals surface area contributed by atoms with Crippen molar-refractivity contribution >= 4 is 41.2 Å². The third kappa shape index (κ3) is 18.9. The molecule has 0 bridgehead atoms. The molecular formula is C26H34F2N2O8. The van der Waals surface area contributed by atoms with Crippen molar-refractivity contribution in [1.82, 2.24) is 0 Å². The van der Waals surface area contributed by atoms with Crippen LogP contribution in [-0.2, 0) is 41.6 Å². The van der Waals surface area contributed by atoms with Crippen molar-refractivity contribution < 1.29 is 49.1 Å². The van der Waals surface area contributed by atoms with Crippen LogP contribution in [0.25, 0.3) is 0 Å². The molecule has 0 radical (unpaired) electrons. The first kappa shape index (κ1) is 33.7. The summed E-state index contributed by atoms with van der Waals surface area (Å²) in [6, 6.07) is 8.39. The zero-order valence-electron chi connectivity index (χ0n) is 22.7. The van der Waals surface area contributed by atoms with Gasteiger partial charge in [0.1, 0.15) is 11.6 Å². The standard InChI is InChI=1S/C11H12FNO3.C9H10FNO2.C4H6O3.C2H6/c1-7(14)13-10-6-8(2-4-9(10)12)3-5-11(15)16;10-7-3-1-6(5-8(7)11)2-4-9(12)13;1-3(5)7-4(2)6;1-2/h2,4,6H,3,5H2,1H3,(H,13,14)(H,15,16);1,3,5H,2,4,11H2,(H,12,13);1-2H3;1-2H3/i;;;1D. The molecule has 0 atom stereocenters. The van der Waals surface area contributed by atoms with Crippen LogP contribution in [0.3, 0.4) is 0 Å². The monoisotopic (exact) mass is 541 g/mol. The summed E-state index contributed by atoms with van der Waals surface area (Å²) >= 11 is 0. The smallest absolute Gasteiger partial charge is 0.310 e. The lowest BCUT2D eigenvalue weighted by Gasteiger charge is -2.06. The largest absolute Gasteiger partial charge is 0.481 e. The summed E-state index contributed by atoms with van der Waals surface area (Å²) in [5.74, 6) is -4.28. The molecule has 1 amide bonds. The number of ether oxygens (including phenoxy) is 1. The molecular weight excluding hydrogens is 506 g/mol. The van der Waals surface area contributed by atoms with E-state index in [0.717, 1.165) is 5.56 Å². The molecule has 10 nitrogen and oxygen atoms in total. The van der Waals surface area contributed by atoms with Gasteiger partial charge >= 0.3 is 23.9 Å². The number of carbonyl (C=O) groups is 5. The van der Waals surface area contributed by atoms with Crippen molar-refractivity contribution in [2.24, 2.45) is 0 Å². The number of aryl methyl sites for hydroxylation is 2. The van der Waals surface area contributed by atoms with Crippen molar-refractivity contribution in [2.75, 3.05) is 11.1 Å². The Morgan fingerprint density at radius 3 is 1.63 bits per heavy atom. The molecule has 0 aliphatic heterocycles. The summed E-state index contributed by atoms with van der Waals surface area (Å²) in [4.78, 5) is 51.0. The van der Waals surface area contributed by atoms with Gasteiger partial charge in [-0.2, -0.15) is 0 Å². The summed E-state index contributed by atoms with van der Waals surface area (Å²) in [6.45, 7) is 5.94. The Bertz CT molecular complexity index is 1100. The van der Waals surface area contributed by atoms with Crippen LogP contribution in [0.2, 0.25) is 0 Å². The first-order chi connectivity index (χ1) is 18.1. The predicted molar refractivity (Wildman–Crippen MR) is 137 cm³/mol. The normalized spacial score (nSPS) is 9.47. The van der Waals surface area contributed by atoms with Gasteiger partial charge in [-0.25, -0.2) is 8.78 Å². The van der Waals surface area contributed by atoms with E-state index in [4.69, 9.17) is 17.3 Å². The molecule has 2 aromatic carbocycles. The maximum atomic E-state index is 13.2. The number of esters is 2. The molecule has 0 spiro atoms. The topological polar surface area (TPSA) is 173 Å². The Morgan fingerprint density at radius 2 is 1.29 bits per heavy atom. The number of amides is 1. The number of hydrogen-bond donors (Lipinski definition) is 4. The summed E-state index contributed by atoms with van der Waals surface area (Å²) in [7, 11) is 0. The van der Waals surface area contributed by atoms with Crippen LogP contribution in [0.15, 0.2) is 36.4 Å². The van der Waals surface area contributed by atoms with Gasteiger partial charge in [0.2, 0.25) is 5.91 Å². The number of nitrogens with two attached hydrogens (primary N) is 1. The lowest BCUT2D eigenvalue weighted by atomic mass is 10.1. The lowest BCUT2D eigenvalue weighted by molar-refractivity contribution is -0.156. The predicted octanol–water partition coefficient (Wildman–Crippen LogP) is 4.35. The Hall–Kier alpha value is -4.35. The number of carboxylic acid groups (broad SMARTS) is 2. The fourth-order valence-corrected chi connectivity index (χ4v) is 2.47. The number of nitrogen functional groups attached to an aromatic ring is 1. The lowest BCUT2D eigenvalue weighted by Crippen LogP contribution is -2.08. The van der Waals surface area contributed by atoms with Crippen LogP contribution < -0.4 is 11.1 Å². The third-order valence-electron chi connectivity index (χ3n) is 3.94. The van der Waals surface area contributed by atoms with Gasteiger partial charge in [0, 0.05) is 35.0 Å². The number of rotatable bonds is 7. The third-order valence-corrected chi connectivity index (χ3v) is 3.94. The van der Waals surface area contributed by atoms with Crippen LogP contribution in [-0.4, -0.2) is 40.0 Å². The Morgan fingerprint density at radius 1 is 0.868 bits per heavy atom. The van der Waals surface area contributed by atoms with E-state index in [1.807, 2.05) is 0 Å². The van der Waals surface area contributed by atoms with E-state index < -0.39 is 35.5 Å². The molecule has 2 rings (SSSR count). The maximum Gasteiger partial charge on any atom is 0.310 e. The van der Waals surface area contributed by atoms with Gasteiger partial charge in [0.25, 0.3) is 0 Å². The minimum atomic E-state index is -0.912. The zero-order valence-corrected chi connectivity index (χ0v) is 21.7. The number of halogens is 2. The van der Waals surface area contributed by atoms with Crippen molar-refractivity contribution in [2.45, 2.75) is 60.3 Å². The highest BCUT2D eigenvalue weighted by Crippen LogP contribution is 2.17. The van der Waals surface area contributed by atoms with Gasteiger partial charge in [0.15, 0.2) is 0 Å². The van der Waals surface area contributed by atoms with Gasteiger partial charge in [0.05, 0.1) is 11.4 Å². The van der Waals surface area contributed by atoms with E-state index in [2.05, 4.69) is 10.1 Å². The second-order valence-electron chi connectivity index (χ2n) is 7.22. The molecule has 5 N–H and O–H groups in total. The first-order valence-electron chi connectivity index (χ1n) is 11.8. The second kappa shape index (κ2) is 19.8. The summed E-state index contributed by atoms with van der Waals surface area (Å²) in [5, 5.41) is 19.2. The van der Waals surface area contributed by atoms with Crippen LogP contribution in [0.1, 0.15) is 59.9 Å². The molecule has 2 aromatic rings. The second-order valence-corrected chi connectivity index (χ2v) is 7.22. The van der Waals surface area contributed by atoms with Crippen molar-refractivity contribution in [3.05, 3.63) is 59.2 Å². The molecule has 0 aliphatic rings. The summed E-state index contributed by atoms with van der Waals surface area (Å²) in [6.07, 6.45) is 0.693. The number of hydrogen-bond acceptors (Lipinski definition) is 7. The first-order valence-corrected chi connectivity index (χ1v) is 11.1. The van der Waals surface area contributed by atoms with E-state index in [0.29, 0.717) is 25.3 Å². The molecule has 0 heterocycles. The highest BCUT2D eigenvalue weighted by Gasteiger charge is 2.06. The summed E-state index contributed by atoms with van der Waals surface area (Å²) in [5.41, 5.74) is 6.85. The Kier molecular flexibility index (Phi) is 17.5. The highest BCUT2D eigenvalue weighted by molar-refractivity contribution is 5.88. The molecule has 0 saturated carbocycles. The number of nitrogens with one attached hydrogen (secondary N) is 1. The van der Waals surface area contributed by atoms with Crippen LogP contribution in [0.4, 0.5) is 20.2 Å². The highest BCUT2D eigenvalue weighted by atomic mass is 19.1. The molecule has 0 fully saturated rings. The number of aliphatic carboxylic acids is 2. The average Bonchev–Trinajstić information content (AvgIpc) is 2.80. The Balaban J connectivity index is 0. The van der Waals surface area contributed by atoms with Gasteiger partial charge < -0.3 is 26.0 Å². The minimum absolute atomic E-state index is 0.0227. The number of benzene rings is 2. The van der Waals surface area contributed by atoms with Crippen molar-refractivity contribution in [3.63, 3.8) is 0 Å². The molecule has 0 aromatic heterocycles. The van der Waals surface area contributed by atoms with E-state index in [9.17, 15) is 32.8 Å². The fraction of sp³-hybridized carbons (Fsp3) is 0.346. The van der Waals surface area contributed by atoms with Crippen LogP contribution in [0, 0.1) is 11.6 Å². The SMILES string of the molecule is CC(=O)Nc1cc(CCC(=O)O)ccc1F.CC(=O)OC(C)=O.Nc1cc(CCC(=O)O)ccc1F.[2H]CC. The maximum absolute atomic E-state index is 13.2. The fourth-order valence-electron chi connectivity index (χ4n) is 2.47. The van der Waals surface area contributed by atoms with Crippen LogP contribution in [0.5, 0.6) is 0 Å². The zero-order chi connectivity index (χ0) is 30.5. The number of carbonyl (C=O) groups excluding carboxylic acids is 3. The van der Waals surface area contributed by atoms with Crippen molar-refractivity contribution in [3.8, 4) is 0 Å². The Labute approximate surface area is 221 Å². The number of carboxylic acids is 2. The van der Waals surface area contributed by atoms with Gasteiger partial charge in [-0.1, -0.05) is 26.0 Å². The molecule has 0 saturated heterocycles. The molecule has 0 aliphatic carbocycles. The molecule has 0 unspecified atom stereocenters. The molecule has 210 valence electrons. The van der Waals surface area contributed by atoms with Gasteiger partial charge in [-0.05, 0) is 48.2 Å². The summed E-state index contributed by atoms with van der Waals surface area (Å²) < 4.78 is 36.0. The quantitative estimate of drug-likeness (QED) is 0.226. The van der Waals surface area contributed by atoms with Gasteiger partial charge in [-0.3, -0.25) is 24.0 Å². The molecule has 38 heavy (non-hydrogen) atoms.